The summed E-state index contributed by atoms with van der Waals surface area (Å²) in [6, 6.07) is 13.4. The van der Waals surface area contributed by atoms with Gasteiger partial charge in [0.2, 0.25) is 5.91 Å². The van der Waals surface area contributed by atoms with Gasteiger partial charge in [0.15, 0.2) is 0 Å². The molecule has 2 aromatic carbocycles. The van der Waals surface area contributed by atoms with Crippen molar-refractivity contribution in [3.63, 3.8) is 0 Å². The lowest BCUT2D eigenvalue weighted by atomic mass is 10.0. The smallest absolute Gasteiger partial charge is 0.261 e. The highest BCUT2D eigenvalue weighted by atomic mass is 16.5. The van der Waals surface area contributed by atoms with Gasteiger partial charge in [-0.1, -0.05) is 24.3 Å². The van der Waals surface area contributed by atoms with Crippen molar-refractivity contribution in [2.24, 2.45) is 0 Å². The minimum absolute atomic E-state index is 0.00235. The van der Waals surface area contributed by atoms with Gasteiger partial charge in [0.25, 0.3) is 5.56 Å². The van der Waals surface area contributed by atoms with Gasteiger partial charge < -0.3 is 9.64 Å². The predicted octanol–water partition coefficient (Wildman–Crippen LogP) is 3.08. The fourth-order valence-corrected chi connectivity index (χ4v) is 3.92. The lowest BCUT2D eigenvalue weighted by molar-refractivity contribution is -0.132. The number of hydrogen-bond donors (Lipinski definition) is 0. The molecule has 1 fully saturated rings. The number of ether oxygens (including phenoxy) is 1. The number of carbonyl (C=O) groups is 1. The van der Waals surface area contributed by atoms with E-state index in [2.05, 4.69) is 4.98 Å². The number of methoxy groups -OCH3 is 1. The van der Waals surface area contributed by atoms with Gasteiger partial charge in [-0.3, -0.25) is 14.2 Å². The summed E-state index contributed by atoms with van der Waals surface area (Å²) in [5.41, 5.74) is 2.55. The standard InChI is InChI=1S/C22H23N3O3/c1-15-5-3-6-18-21(15)23-14-24(22(18)27)13-20(26)25-12-4-7-19(25)16-8-10-17(28-2)11-9-16/h3,5-6,8-11,14,19H,4,7,12-13H2,1-2H3/t19-/m0/s1. The molecule has 3 aromatic rings. The number of hydrogen-bond acceptors (Lipinski definition) is 4. The molecule has 2 heterocycles. The van der Waals surface area contributed by atoms with Crippen molar-refractivity contribution in [1.82, 2.24) is 14.5 Å². The van der Waals surface area contributed by atoms with Crippen LogP contribution < -0.4 is 10.3 Å². The van der Waals surface area contributed by atoms with Gasteiger partial charge in [0.05, 0.1) is 30.4 Å². The third kappa shape index (κ3) is 3.26. The number of fused-ring (bicyclic) bond motifs is 1. The highest BCUT2D eigenvalue weighted by Crippen LogP contribution is 2.32. The Morgan fingerprint density at radius 3 is 2.75 bits per heavy atom. The van der Waals surface area contributed by atoms with Crippen LogP contribution in [0.2, 0.25) is 0 Å². The van der Waals surface area contributed by atoms with Gasteiger partial charge >= 0.3 is 0 Å². The van der Waals surface area contributed by atoms with Crippen LogP contribution in [0.25, 0.3) is 10.9 Å². The molecule has 1 saturated heterocycles. The minimum atomic E-state index is -0.178. The van der Waals surface area contributed by atoms with Crippen LogP contribution in [0.3, 0.4) is 0 Å². The van der Waals surface area contributed by atoms with Crippen molar-refractivity contribution < 1.29 is 9.53 Å². The maximum atomic E-state index is 13.0. The third-order valence-electron chi connectivity index (χ3n) is 5.43. The summed E-state index contributed by atoms with van der Waals surface area (Å²) < 4.78 is 6.63. The lowest BCUT2D eigenvalue weighted by Gasteiger charge is -2.25. The SMILES string of the molecule is COc1ccc([C@@H]2CCCN2C(=O)Cn2cnc3c(C)cccc3c2=O)cc1. The Kier molecular flexibility index (Phi) is 4.86. The Balaban J connectivity index is 1.58. The second-order valence-corrected chi connectivity index (χ2v) is 7.17. The molecule has 0 radical (unpaired) electrons. The lowest BCUT2D eigenvalue weighted by Crippen LogP contribution is -2.36. The van der Waals surface area contributed by atoms with E-state index in [1.54, 1.807) is 13.2 Å². The quantitative estimate of drug-likeness (QED) is 0.701. The summed E-state index contributed by atoms with van der Waals surface area (Å²) >= 11 is 0. The number of aryl methyl sites for hydroxylation is 1. The Hall–Kier alpha value is -3.15. The number of benzene rings is 2. The summed E-state index contributed by atoms with van der Waals surface area (Å²) in [4.78, 5) is 32.0. The first-order valence-electron chi connectivity index (χ1n) is 9.46. The molecule has 1 aromatic heterocycles. The Morgan fingerprint density at radius 2 is 2.00 bits per heavy atom. The van der Waals surface area contributed by atoms with E-state index < -0.39 is 0 Å². The minimum Gasteiger partial charge on any atom is -0.497 e. The predicted molar refractivity (Wildman–Crippen MR) is 107 cm³/mol. The van der Waals surface area contributed by atoms with E-state index in [4.69, 9.17) is 4.74 Å². The number of para-hydroxylation sites is 1. The van der Waals surface area contributed by atoms with Gasteiger partial charge in [-0.15, -0.1) is 0 Å². The number of likely N-dealkylation sites (tertiary alicyclic amines) is 1. The Morgan fingerprint density at radius 1 is 1.21 bits per heavy atom. The first-order valence-corrected chi connectivity index (χ1v) is 9.46. The molecule has 6 nitrogen and oxygen atoms in total. The normalized spacial score (nSPS) is 16.5. The fourth-order valence-electron chi connectivity index (χ4n) is 3.92. The van der Waals surface area contributed by atoms with Gasteiger partial charge in [-0.25, -0.2) is 4.98 Å². The van der Waals surface area contributed by atoms with Crippen LogP contribution in [0.1, 0.15) is 30.0 Å². The second-order valence-electron chi connectivity index (χ2n) is 7.17. The second kappa shape index (κ2) is 7.46. The van der Waals surface area contributed by atoms with Crippen LogP contribution >= 0.6 is 0 Å². The monoisotopic (exact) mass is 377 g/mol. The average molecular weight is 377 g/mol. The number of rotatable bonds is 4. The molecular weight excluding hydrogens is 354 g/mol. The van der Waals surface area contributed by atoms with Crippen molar-refractivity contribution in [2.75, 3.05) is 13.7 Å². The highest BCUT2D eigenvalue weighted by molar-refractivity contribution is 5.81. The van der Waals surface area contributed by atoms with Crippen molar-refractivity contribution in [1.29, 1.82) is 0 Å². The molecule has 1 aliphatic rings. The summed E-state index contributed by atoms with van der Waals surface area (Å²) in [5, 5.41) is 0.545. The molecule has 0 bridgehead atoms. The number of nitrogens with zero attached hydrogens (tertiary/aromatic N) is 3. The summed E-state index contributed by atoms with van der Waals surface area (Å²) in [7, 11) is 1.64. The molecule has 6 heteroatoms. The zero-order valence-electron chi connectivity index (χ0n) is 16.1. The molecule has 0 saturated carbocycles. The highest BCUT2D eigenvalue weighted by Gasteiger charge is 2.30. The summed E-state index contributed by atoms with van der Waals surface area (Å²) in [6.07, 6.45) is 3.35. The van der Waals surface area contributed by atoms with Crippen LogP contribution in [0.5, 0.6) is 5.75 Å². The molecule has 0 N–H and O–H groups in total. The summed E-state index contributed by atoms with van der Waals surface area (Å²) in [6.45, 7) is 2.63. The molecule has 0 unspecified atom stereocenters. The molecule has 144 valence electrons. The zero-order chi connectivity index (χ0) is 19.7. The maximum absolute atomic E-state index is 13.0. The molecule has 0 spiro atoms. The molecule has 1 atom stereocenters. The van der Waals surface area contributed by atoms with Crippen LogP contribution in [0, 0.1) is 6.92 Å². The van der Waals surface area contributed by atoms with Crippen molar-refractivity contribution >= 4 is 16.8 Å². The summed E-state index contributed by atoms with van der Waals surface area (Å²) in [5.74, 6) is 0.734. The van der Waals surface area contributed by atoms with Gasteiger partial charge in [0.1, 0.15) is 12.3 Å². The fraction of sp³-hybridized carbons (Fsp3) is 0.318. The molecule has 28 heavy (non-hydrogen) atoms. The van der Waals surface area contributed by atoms with Crippen molar-refractivity contribution in [2.45, 2.75) is 32.4 Å². The Labute approximate surface area is 163 Å². The van der Waals surface area contributed by atoms with E-state index in [9.17, 15) is 9.59 Å². The van der Waals surface area contributed by atoms with Gasteiger partial charge in [0, 0.05) is 6.54 Å². The zero-order valence-corrected chi connectivity index (χ0v) is 16.1. The Bertz CT molecular complexity index is 1070. The van der Waals surface area contributed by atoms with E-state index in [1.165, 1.54) is 10.9 Å². The number of carbonyl (C=O) groups excluding carboxylic acids is 1. The van der Waals surface area contributed by atoms with Gasteiger partial charge in [-0.2, -0.15) is 0 Å². The van der Waals surface area contributed by atoms with E-state index in [0.29, 0.717) is 17.4 Å². The van der Waals surface area contributed by atoms with Crippen LogP contribution in [-0.4, -0.2) is 34.0 Å². The number of aromatic nitrogens is 2. The first-order chi connectivity index (χ1) is 13.6. The number of amides is 1. The van der Waals surface area contributed by atoms with E-state index in [0.717, 1.165) is 29.7 Å². The molecule has 4 rings (SSSR count). The maximum Gasteiger partial charge on any atom is 0.261 e. The van der Waals surface area contributed by atoms with Crippen molar-refractivity contribution in [3.8, 4) is 5.75 Å². The van der Waals surface area contributed by atoms with E-state index >= 15 is 0 Å². The molecule has 1 amide bonds. The topological polar surface area (TPSA) is 64.4 Å². The molecule has 0 aliphatic carbocycles. The van der Waals surface area contributed by atoms with Crippen molar-refractivity contribution in [3.05, 3.63) is 70.3 Å². The van der Waals surface area contributed by atoms with Crippen LogP contribution in [-0.2, 0) is 11.3 Å². The van der Waals surface area contributed by atoms with Gasteiger partial charge in [-0.05, 0) is 49.1 Å². The molecule has 1 aliphatic heterocycles. The first kappa shape index (κ1) is 18.2. The average Bonchev–Trinajstić information content (AvgIpc) is 3.21. The third-order valence-corrected chi connectivity index (χ3v) is 5.43. The van der Waals surface area contributed by atoms with E-state index in [-0.39, 0.29) is 24.1 Å². The van der Waals surface area contributed by atoms with E-state index in [1.807, 2.05) is 48.2 Å². The molecular formula is C22H23N3O3. The van der Waals surface area contributed by atoms with Crippen LogP contribution in [0.4, 0.5) is 0 Å². The van der Waals surface area contributed by atoms with Crippen LogP contribution in [0.15, 0.2) is 53.6 Å². The largest absolute Gasteiger partial charge is 0.497 e.